The van der Waals surface area contributed by atoms with Gasteiger partial charge in [-0.15, -0.1) is 6.58 Å². The number of hydrogen-bond donors (Lipinski definition) is 0. The van der Waals surface area contributed by atoms with Gasteiger partial charge < -0.3 is 13.9 Å². The number of oxazole rings is 1. The van der Waals surface area contributed by atoms with Crippen LogP contribution in [0.1, 0.15) is 11.3 Å². The lowest BCUT2D eigenvalue weighted by Gasteiger charge is -2.10. The van der Waals surface area contributed by atoms with Crippen LogP contribution in [0.15, 0.2) is 71.9 Å². The second-order valence-corrected chi connectivity index (χ2v) is 5.28. The number of aromatic nitrogens is 1. The van der Waals surface area contributed by atoms with Crippen molar-refractivity contribution in [3.05, 3.63) is 78.7 Å². The van der Waals surface area contributed by atoms with Crippen LogP contribution < -0.4 is 9.47 Å². The number of hydrogen-bond acceptors (Lipinski definition) is 4. The van der Waals surface area contributed by atoms with Crippen LogP contribution in [-0.2, 0) is 13.0 Å². The van der Waals surface area contributed by atoms with E-state index in [1.54, 1.807) is 13.4 Å². The molecule has 2 aromatic carbocycles. The molecule has 0 amide bonds. The van der Waals surface area contributed by atoms with Crippen LogP contribution in [0.2, 0.25) is 0 Å². The zero-order valence-electron chi connectivity index (χ0n) is 13.6. The third-order valence-corrected chi connectivity index (χ3v) is 3.56. The monoisotopic (exact) mass is 321 g/mol. The molecule has 1 aromatic heterocycles. The first-order valence-corrected chi connectivity index (χ1v) is 7.70. The third kappa shape index (κ3) is 3.66. The van der Waals surface area contributed by atoms with Crippen LogP contribution in [0, 0.1) is 0 Å². The fourth-order valence-electron chi connectivity index (χ4n) is 2.36. The molecule has 3 rings (SSSR count). The predicted molar refractivity (Wildman–Crippen MR) is 93.2 cm³/mol. The number of nitrogens with zero attached hydrogens (tertiary/aromatic N) is 1. The Hall–Kier alpha value is -3.01. The van der Waals surface area contributed by atoms with Crippen LogP contribution >= 0.6 is 0 Å². The summed E-state index contributed by atoms with van der Waals surface area (Å²) >= 11 is 0. The lowest BCUT2D eigenvalue weighted by atomic mass is 10.1. The number of ether oxygens (including phenoxy) is 2. The minimum Gasteiger partial charge on any atom is -0.493 e. The Morgan fingerprint density at radius 3 is 2.71 bits per heavy atom. The fraction of sp³-hybridized carbons (Fsp3) is 0.150. The second-order valence-electron chi connectivity index (χ2n) is 5.28. The highest BCUT2D eigenvalue weighted by Gasteiger charge is 2.09. The first kappa shape index (κ1) is 15.9. The van der Waals surface area contributed by atoms with Gasteiger partial charge in [-0.05, 0) is 36.2 Å². The quantitative estimate of drug-likeness (QED) is 0.594. The highest BCUT2D eigenvalue weighted by atomic mass is 16.5. The van der Waals surface area contributed by atoms with E-state index in [-0.39, 0.29) is 0 Å². The van der Waals surface area contributed by atoms with E-state index in [9.17, 15) is 0 Å². The summed E-state index contributed by atoms with van der Waals surface area (Å²) in [6.45, 7) is 4.06. The number of methoxy groups -OCH3 is 1. The van der Waals surface area contributed by atoms with E-state index in [0.717, 1.165) is 23.2 Å². The fourth-order valence-corrected chi connectivity index (χ4v) is 2.36. The Balaban J connectivity index is 1.70. The van der Waals surface area contributed by atoms with Crippen LogP contribution in [0.25, 0.3) is 11.5 Å². The van der Waals surface area contributed by atoms with E-state index in [1.807, 2.05) is 54.6 Å². The molecule has 0 saturated heterocycles. The molecular weight excluding hydrogens is 302 g/mol. The van der Waals surface area contributed by atoms with Crippen LogP contribution in [0.4, 0.5) is 0 Å². The van der Waals surface area contributed by atoms with E-state index >= 15 is 0 Å². The summed E-state index contributed by atoms with van der Waals surface area (Å²) in [6.07, 6.45) is 4.26. The lowest BCUT2D eigenvalue weighted by molar-refractivity contribution is 0.280. The summed E-state index contributed by atoms with van der Waals surface area (Å²) in [7, 11) is 1.63. The van der Waals surface area contributed by atoms with E-state index < -0.39 is 0 Å². The predicted octanol–water partition coefficient (Wildman–Crippen LogP) is 4.66. The molecule has 0 unspecified atom stereocenters. The van der Waals surface area contributed by atoms with Crippen molar-refractivity contribution in [3.63, 3.8) is 0 Å². The molecule has 0 fully saturated rings. The summed E-state index contributed by atoms with van der Waals surface area (Å²) in [4.78, 5) is 4.45. The summed E-state index contributed by atoms with van der Waals surface area (Å²) in [5.74, 6) is 1.96. The summed E-state index contributed by atoms with van der Waals surface area (Å²) in [6, 6.07) is 15.6. The van der Waals surface area contributed by atoms with Crippen molar-refractivity contribution in [1.82, 2.24) is 4.98 Å². The van der Waals surface area contributed by atoms with E-state index in [4.69, 9.17) is 13.9 Å². The first-order valence-electron chi connectivity index (χ1n) is 7.70. The first-order chi connectivity index (χ1) is 11.8. The maximum Gasteiger partial charge on any atom is 0.226 e. The Morgan fingerprint density at radius 1 is 1.12 bits per heavy atom. The number of rotatable bonds is 7. The van der Waals surface area contributed by atoms with Crippen molar-refractivity contribution < 1.29 is 13.9 Å². The highest BCUT2D eigenvalue weighted by molar-refractivity contribution is 5.52. The standard InChI is InChI=1S/C20H19NO3/c1-3-7-15-10-11-18(19(12-15)22-2)23-13-17-14-24-20(21-17)16-8-5-4-6-9-16/h3-6,8-12,14H,1,7,13H2,2H3. The minimum atomic E-state index is 0.313. The summed E-state index contributed by atoms with van der Waals surface area (Å²) in [5.41, 5.74) is 2.79. The average Bonchev–Trinajstić information content (AvgIpc) is 3.10. The van der Waals surface area contributed by atoms with Gasteiger partial charge >= 0.3 is 0 Å². The van der Waals surface area contributed by atoms with Gasteiger partial charge in [-0.1, -0.05) is 30.3 Å². The molecule has 1 heterocycles. The number of allylic oxidation sites excluding steroid dienone is 1. The lowest BCUT2D eigenvalue weighted by Crippen LogP contribution is -1.98. The molecule has 122 valence electrons. The third-order valence-electron chi connectivity index (χ3n) is 3.56. The number of benzene rings is 2. The molecule has 0 atom stereocenters. The Labute approximate surface area is 141 Å². The molecule has 0 bridgehead atoms. The maximum absolute atomic E-state index is 5.82. The van der Waals surface area contributed by atoms with Gasteiger partial charge in [-0.25, -0.2) is 4.98 Å². The molecular formula is C20H19NO3. The Kier molecular flexibility index (Phi) is 4.96. The van der Waals surface area contributed by atoms with Gasteiger partial charge in [0.1, 0.15) is 18.6 Å². The van der Waals surface area contributed by atoms with Crippen LogP contribution in [0.3, 0.4) is 0 Å². The SMILES string of the molecule is C=CCc1ccc(OCc2coc(-c3ccccc3)n2)c(OC)c1. The minimum absolute atomic E-state index is 0.313. The van der Waals surface area contributed by atoms with Gasteiger partial charge in [-0.2, -0.15) is 0 Å². The second kappa shape index (κ2) is 7.51. The molecule has 0 saturated carbocycles. The van der Waals surface area contributed by atoms with E-state index in [1.165, 1.54) is 0 Å². The zero-order chi connectivity index (χ0) is 16.8. The van der Waals surface area contributed by atoms with Crippen molar-refractivity contribution in [2.45, 2.75) is 13.0 Å². The largest absolute Gasteiger partial charge is 0.493 e. The molecule has 3 aromatic rings. The van der Waals surface area contributed by atoms with Gasteiger partial charge in [-0.3, -0.25) is 0 Å². The van der Waals surface area contributed by atoms with Gasteiger partial charge in [0.15, 0.2) is 11.5 Å². The molecule has 0 radical (unpaired) electrons. The Morgan fingerprint density at radius 2 is 1.96 bits per heavy atom. The molecule has 4 heteroatoms. The molecule has 0 aliphatic rings. The normalized spacial score (nSPS) is 10.4. The van der Waals surface area contributed by atoms with Gasteiger partial charge in [0.05, 0.1) is 7.11 Å². The Bertz CT molecular complexity index is 809. The van der Waals surface area contributed by atoms with Crippen LogP contribution in [0.5, 0.6) is 11.5 Å². The zero-order valence-corrected chi connectivity index (χ0v) is 13.6. The van der Waals surface area contributed by atoms with E-state index in [0.29, 0.717) is 24.0 Å². The van der Waals surface area contributed by atoms with E-state index in [2.05, 4.69) is 11.6 Å². The van der Waals surface area contributed by atoms with Gasteiger partial charge in [0.2, 0.25) is 5.89 Å². The highest BCUT2D eigenvalue weighted by Crippen LogP contribution is 2.29. The van der Waals surface area contributed by atoms with Crippen molar-refractivity contribution in [1.29, 1.82) is 0 Å². The van der Waals surface area contributed by atoms with Crippen molar-refractivity contribution in [3.8, 4) is 23.0 Å². The summed E-state index contributed by atoms with van der Waals surface area (Å²) in [5, 5.41) is 0. The van der Waals surface area contributed by atoms with Crippen molar-refractivity contribution in [2.24, 2.45) is 0 Å². The van der Waals surface area contributed by atoms with Crippen molar-refractivity contribution in [2.75, 3.05) is 7.11 Å². The molecule has 0 N–H and O–H groups in total. The summed E-state index contributed by atoms with van der Waals surface area (Å²) < 4.78 is 16.7. The topological polar surface area (TPSA) is 44.5 Å². The molecule has 0 aliphatic heterocycles. The maximum atomic E-state index is 5.82. The van der Waals surface area contributed by atoms with Crippen LogP contribution in [-0.4, -0.2) is 12.1 Å². The molecule has 24 heavy (non-hydrogen) atoms. The van der Waals surface area contributed by atoms with Gasteiger partial charge in [0.25, 0.3) is 0 Å². The molecule has 0 spiro atoms. The molecule has 4 nitrogen and oxygen atoms in total. The van der Waals surface area contributed by atoms with Crippen molar-refractivity contribution >= 4 is 0 Å². The molecule has 0 aliphatic carbocycles. The average molecular weight is 321 g/mol. The van der Waals surface area contributed by atoms with Gasteiger partial charge in [0, 0.05) is 5.56 Å². The smallest absolute Gasteiger partial charge is 0.226 e.